The SMILES string of the molecule is COc1cc(N2CCN(C)CC2)ccc1Nc1ncc2c(n1)-n1ccc(C(=O)Nc3c(C)nn(CCN(C)C)c3C)c1CC2. The molecule has 0 aliphatic carbocycles. The Bertz CT molecular complexity index is 1670. The molecule has 4 aromatic rings. The number of fused-ring (bicyclic) bond motifs is 3. The summed E-state index contributed by atoms with van der Waals surface area (Å²) in [5, 5.41) is 11.1. The van der Waals surface area contributed by atoms with Gasteiger partial charge in [-0.05, 0) is 66.0 Å². The molecule has 1 aromatic carbocycles. The highest BCUT2D eigenvalue weighted by Crippen LogP contribution is 2.33. The number of anilines is 4. The molecule has 0 unspecified atom stereocenters. The summed E-state index contributed by atoms with van der Waals surface area (Å²) < 4.78 is 9.71. The topological polar surface area (TPSA) is 109 Å². The van der Waals surface area contributed by atoms with Gasteiger partial charge in [0.05, 0.1) is 42.0 Å². The van der Waals surface area contributed by atoms with E-state index in [0.717, 1.165) is 103 Å². The molecule has 2 aliphatic heterocycles. The van der Waals surface area contributed by atoms with Crippen LogP contribution in [0.4, 0.5) is 23.0 Å². The number of aromatic nitrogens is 5. The fourth-order valence-corrected chi connectivity index (χ4v) is 5.96. The summed E-state index contributed by atoms with van der Waals surface area (Å²) in [7, 11) is 7.91. The first-order valence-electron chi connectivity index (χ1n) is 15.2. The Balaban J connectivity index is 1.21. The molecule has 1 saturated heterocycles. The summed E-state index contributed by atoms with van der Waals surface area (Å²) >= 11 is 0. The molecule has 5 heterocycles. The van der Waals surface area contributed by atoms with Crippen molar-refractivity contribution in [1.82, 2.24) is 34.1 Å². The Morgan fingerprint density at radius 1 is 1.09 bits per heavy atom. The van der Waals surface area contributed by atoms with Gasteiger partial charge in [0, 0.05) is 68.1 Å². The van der Waals surface area contributed by atoms with E-state index in [-0.39, 0.29) is 5.91 Å². The van der Waals surface area contributed by atoms with Gasteiger partial charge in [-0.25, -0.2) is 4.98 Å². The van der Waals surface area contributed by atoms with Crippen LogP contribution in [-0.2, 0) is 19.4 Å². The number of methoxy groups -OCH3 is 1. The van der Waals surface area contributed by atoms with E-state index in [4.69, 9.17) is 9.72 Å². The highest BCUT2D eigenvalue weighted by molar-refractivity contribution is 6.06. The van der Waals surface area contributed by atoms with Gasteiger partial charge in [-0.3, -0.25) is 9.48 Å². The minimum absolute atomic E-state index is 0.141. The summed E-state index contributed by atoms with van der Waals surface area (Å²) in [6, 6.07) is 8.07. The van der Waals surface area contributed by atoms with Crippen molar-refractivity contribution in [2.75, 3.05) is 76.5 Å². The molecule has 6 rings (SSSR count). The lowest BCUT2D eigenvalue weighted by molar-refractivity contribution is 0.102. The lowest BCUT2D eigenvalue weighted by atomic mass is 10.0. The zero-order valence-corrected chi connectivity index (χ0v) is 26.5. The van der Waals surface area contributed by atoms with Crippen LogP contribution in [0.5, 0.6) is 5.75 Å². The minimum Gasteiger partial charge on any atom is -0.494 e. The third-order valence-electron chi connectivity index (χ3n) is 8.62. The number of likely N-dealkylation sites (N-methyl/N-ethyl adjacent to an activating group) is 2. The Morgan fingerprint density at radius 2 is 1.89 bits per heavy atom. The van der Waals surface area contributed by atoms with Gasteiger partial charge in [0.15, 0.2) is 0 Å². The van der Waals surface area contributed by atoms with E-state index < -0.39 is 0 Å². The maximum Gasteiger partial charge on any atom is 0.257 e. The van der Waals surface area contributed by atoms with Crippen molar-refractivity contribution in [3.05, 3.63) is 64.9 Å². The predicted molar refractivity (Wildman–Crippen MR) is 173 cm³/mol. The average molecular weight is 599 g/mol. The summed E-state index contributed by atoms with van der Waals surface area (Å²) in [6.07, 6.45) is 5.27. The van der Waals surface area contributed by atoms with E-state index in [0.29, 0.717) is 11.5 Å². The molecular formula is C32H42N10O2. The molecule has 0 bridgehead atoms. The first kappa shape index (κ1) is 29.6. The standard InChI is InChI=1S/C32H42N10O2/c1-21-29(22(2)42(37-21)18-13-38(3)4)35-31(43)25-11-12-41-27(25)10-7-23-20-33-32(36-30(23)41)34-26-9-8-24(19-28(26)44-6)40-16-14-39(5)15-17-40/h8-9,11-12,19-20H,7,10,13-18H2,1-6H3,(H,35,43)(H,33,34,36). The van der Waals surface area contributed by atoms with Crippen molar-refractivity contribution in [2.24, 2.45) is 0 Å². The van der Waals surface area contributed by atoms with Gasteiger partial charge in [-0.2, -0.15) is 10.1 Å². The van der Waals surface area contributed by atoms with Gasteiger partial charge >= 0.3 is 0 Å². The number of rotatable bonds is 9. The number of nitrogens with zero attached hydrogens (tertiary/aromatic N) is 8. The van der Waals surface area contributed by atoms with Gasteiger partial charge in [-0.1, -0.05) is 0 Å². The molecular weight excluding hydrogens is 556 g/mol. The fraction of sp³-hybridized carbons (Fsp3) is 0.438. The lowest BCUT2D eigenvalue weighted by Gasteiger charge is -2.34. The first-order chi connectivity index (χ1) is 21.2. The number of hydrogen-bond acceptors (Lipinski definition) is 9. The Kier molecular flexibility index (Phi) is 8.28. The maximum atomic E-state index is 13.5. The Labute approximate surface area is 258 Å². The van der Waals surface area contributed by atoms with E-state index >= 15 is 0 Å². The number of hydrogen-bond donors (Lipinski definition) is 2. The van der Waals surface area contributed by atoms with Crippen molar-refractivity contribution in [2.45, 2.75) is 33.2 Å². The van der Waals surface area contributed by atoms with E-state index in [1.54, 1.807) is 7.11 Å². The number of carbonyl (C=O) groups is 1. The number of nitrogens with one attached hydrogen (secondary N) is 2. The third-order valence-corrected chi connectivity index (χ3v) is 8.62. The van der Waals surface area contributed by atoms with Gasteiger partial charge in [-0.15, -0.1) is 0 Å². The van der Waals surface area contributed by atoms with Crippen LogP contribution in [0.3, 0.4) is 0 Å². The summed E-state index contributed by atoms with van der Waals surface area (Å²) in [6.45, 7) is 9.61. The quantitative estimate of drug-likeness (QED) is 0.299. The third kappa shape index (κ3) is 5.87. The summed E-state index contributed by atoms with van der Waals surface area (Å²) in [5.41, 5.74) is 7.08. The molecule has 0 atom stereocenters. The first-order valence-corrected chi connectivity index (χ1v) is 15.2. The number of amides is 1. The van der Waals surface area contributed by atoms with Crippen LogP contribution in [0.25, 0.3) is 5.82 Å². The van der Waals surface area contributed by atoms with Crippen LogP contribution in [0.1, 0.15) is 33.0 Å². The van der Waals surface area contributed by atoms with E-state index in [2.05, 4.69) is 54.6 Å². The molecule has 0 spiro atoms. The Morgan fingerprint density at radius 3 is 2.64 bits per heavy atom. The number of benzene rings is 1. The molecule has 0 radical (unpaired) electrons. The maximum absolute atomic E-state index is 13.5. The van der Waals surface area contributed by atoms with Crippen LogP contribution >= 0.6 is 0 Å². The number of piperazine rings is 1. The average Bonchev–Trinajstić information content (AvgIpc) is 3.57. The zero-order valence-electron chi connectivity index (χ0n) is 26.5. The lowest BCUT2D eigenvalue weighted by Crippen LogP contribution is -2.44. The molecule has 0 saturated carbocycles. The monoisotopic (exact) mass is 598 g/mol. The highest BCUT2D eigenvalue weighted by atomic mass is 16.5. The number of ether oxygens (including phenoxy) is 1. The van der Waals surface area contributed by atoms with Gasteiger partial charge in [0.1, 0.15) is 11.6 Å². The van der Waals surface area contributed by atoms with Crippen LogP contribution in [0, 0.1) is 13.8 Å². The normalized spacial score (nSPS) is 14.8. The molecule has 12 nitrogen and oxygen atoms in total. The Hall–Kier alpha value is -4.42. The highest BCUT2D eigenvalue weighted by Gasteiger charge is 2.25. The van der Waals surface area contributed by atoms with E-state index in [1.165, 1.54) is 0 Å². The molecule has 44 heavy (non-hydrogen) atoms. The van der Waals surface area contributed by atoms with Crippen LogP contribution in [-0.4, -0.2) is 101 Å². The van der Waals surface area contributed by atoms with Gasteiger partial charge < -0.3 is 34.6 Å². The van der Waals surface area contributed by atoms with Crippen molar-refractivity contribution in [3.8, 4) is 11.6 Å². The molecule has 3 aromatic heterocycles. The number of carbonyl (C=O) groups excluding carboxylic acids is 1. The van der Waals surface area contributed by atoms with E-state index in [1.807, 2.05) is 61.7 Å². The molecule has 12 heteroatoms. The molecule has 2 N–H and O–H groups in total. The number of aryl methyl sites for hydroxylation is 2. The van der Waals surface area contributed by atoms with Crippen LogP contribution in [0.15, 0.2) is 36.7 Å². The largest absolute Gasteiger partial charge is 0.494 e. The molecule has 1 amide bonds. The van der Waals surface area contributed by atoms with Gasteiger partial charge in [0.2, 0.25) is 5.95 Å². The minimum atomic E-state index is -0.141. The second-order valence-electron chi connectivity index (χ2n) is 11.9. The second kappa shape index (κ2) is 12.3. The molecule has 1 fully saturated rings. The molecule has 232 valence electrons. The van der Waals surface area contributed by atoms with Gasteiger partial charge in [0.25, 0.3) is 5.91 Å². The van der Waals surface area contributed by atoms with Crippen LogP contribution in [0.2, 0.25) is 0 Å². The fourth-order valence-electron chi connectivity index (χ4n) is 5.96. The van der Waals surface area contributed by atoms with Crippen molar-refractivity contribution in [1.29, 1.82) is 0 Å². The second-order valence-corrected chi connectivity index (χ2v) is 11.9. The van der Waals surface area contributed by atoms with Crippen molar-refractivity contribution in [3.63, 3.8) is 0 Å². The summed E-state index contributed by atoms with van der Waals surface area (Å²) in [4.78, 5) is 29.9. The smallest absolute Gasteiger partial charge is 0.257 e. The summed E-state index contributed by atoms with van der Waals surface area (Å²) in [5.74, 6) is 1.84. The zero-order chi connectivity index (χ0) is 31.0. The molecule has 2 aliphatic rings. The van der Waals surface area contributed by atoms with E-state index in [9.17, 15) is 4.79 Å². The predicted octanol–water partition coefficient (Wildman–Crippen LogP) is 3.50. The van der Waals surface area contributed by atoms with Crippen molar-refractivity contribution >= 4 is 28.9 Å². The van der Waals surface area contributed by atoms with Crippen LogP contribution < -0.4 is 20.3 Å². The van der Waals surface area contributed by atoms with Crippen molar-refractivity contribution < 1.29 is 9.53 Å².